The molecule has 2 aliphatic rings. The summed E-state index contributed by atoms with van der Waals surface area (Å²) in [6, 6.07) is 4.66. The quantitative estimate of drug-likeness (QED) is 0.549. The number of benzene rings is 1. The van der Waals surface area contributed by atoms with E-state index in [4.69, 9.17) is 0 Å². The molecule has 0 unspecified atom stereocenters. The van der Waals surface area contributed by atoms with E-state index in [0.29, 0.717) is 17.3 Å². The number of halogens is 2. The van der Waals surface area contributed by atoms with Crippen molar-refractivity contribution in [2.75, 3.05) is 10.6 Å². The third kappa shape index (κ3) is 5.09. The average molecular weight is 436 g/mol. The van der Waals surface area contributed by atoms with Crippen LogP contribution in [0.5, 0.6) is 11.5 Å². The summed E-state index contributed by atoms with van der Waals surface area (Å²) in [6.45, 7) is 8.00. The molecule has 2 aromatic heterocycles. The van der Waals surface area contributed by atoms with Crippen molar-refractivity contribution in [2.45, 2.75) is 65.7 Å². The summed E-state index contributed by atoms with van der Waals surface area (Å²) in [5, 5.41) is 13.8. The number of hydrogen-bond acceptors (Lipinski definition) is 9. The van der Waals surface area contributed by atoms with E-state index in [1.165, 1.54) is 12.1 Å². The molecular formula is C20H26F2N6O3. The van der Waals surface area contributed by atoms with E-state index in [0.717, 1.165) is 25.7 Å². The molecular weight excluding hydrogens is 410 g/mol. The van der Waals surface area contributed by atoms with Crippen LogP contribution in [0.1, 0.15) is 53.4 Å². The highest BCUT2D eigenvalue weighted by atomic mass is 19.3. The van der Waals surface area contributed by atoms with Gasteiger partial charge in [0, 0.05) is 17.8 Å². The van der Waals surface area contributed by atoms with Crippen LogP contribution < -0.4 is 20.1 Å². The first-order chi connectivity index (χ1) is 15.1. The molecule has 1 fully saturated rings. The molecule has 168 valence electrons. The largest absolute Gasteiger partial charge is 0.586 e. The van der Waals surface area contributed by atoms with E-state index in [2.05, 4.69) is 45.0 Å². The molecule has 1 aliphatic heterocycles. The lowest BCUT2D eigenvalue weighted by atomic mass is 10.2. The lowest BCUT2D eigenvalue weighted by Gasteiger charge is -2.16. The van der Waals surface area contributed by atoms with Gasteiger partial charge < -0.3 is 20.1 Å². The van der Waals surface area contributed by atoms with Crippen LogP contribution in [0.4, 0.5) is 26.1 Å². The summed E-state index contributed by atoms with van der Waals surface area (Å²) in [5.74, 6) is 0.786. The molecule has 0 spiro atoms. The Kier molecular flexibility index (Phi) is 7.03. The third-order valence-electron chi connectivity index (χ3n) is 4.47. The molecule has 0 bridgehead atoms. The number of rotatable bonds is 4. The molecule has 0 radical (unpaired) electrons. The van der Waals surface area contributed by atoms with Crippen LogP contribution in [0.2, 0.25) is 0 Å². The fraction of sp³-hybridized carbons (Fsp3) is 0.500. The summed E-state index contributed by atoms with van der Waals surface area (Å²) in [4.78, 5) is 8.78. The lowest BCUT2D eigenvalue weighted by Crippen LogP contribution is -2.25. The molecule has 0 saturated heterocycles. The first-order valence-electron chi connectivity index (χ1n) is 10.5. The van der Waals surface area contributed by atoms with Crippen LogP contribution in [-0.4, -0.2) is 32.6 Å². The van der Waals surface area contributed by atoms with Crippen molar-refractivity contribution in [2.24, 2.45) is 0 Å². The van der Waals surface area contributed by atoms with Gasteiger partial charge in [-0.3, -0.25) is 0 Å². The molecule has 1 saturated carbocycles. The Labute approximate surface area is 178 Å². The van der Waals surface area contributed by atoms with Crippen LogP contribution in [0.3, 0.4) is 0 Å². The van der Waals surface area contributed by atoms with Crippen LogP contribution in [-0.2, 0) is 0 Å². The zero-order chi connectivity index (χ0) is 22.4. The van der Waals surface area contributed by atoms with Gasteiger partial charge in [-0.15, -0.1) is 8.78 Å². The normalized spacial score (nSPS) is 16.2. The Bertz CT molecular complexity index is 1010. The van der Waals surface area contributed by atoms with Gasteiger partial charge >= 0.3 is 6.29 Å². The maximum Gasteiger partial charge on any atom is 0.586 e. The summed E-state index contributed by atoms with van der Waals surface area (Å²) in [6.07, 6.45) is 0.710. The standard InChI is InChI=1S/C16H14F2N6O3.2C2H6/c17-16(18)25-10-6-5-9(7-11(10)26-16)20-13-12(19-8-3-1-2-4-8)21-14-15(22-13)24-27-23-14;2*1-2/h5-8H,1-4H2,(H,19,21,23)(H,20,22,24);2*1-2H3. The molecule has 1 aromatic carbocycles. The monoisotopic (exact) mass is 436 g/mol. The topological polar surface area (TPSA) is 107 Å². The maximum absolute atomic E-state index is 13.2. The van der Waals surface area contributed by atoms with E-state index in [-0.39, 0.29) is 28.8 Å². The van der Waals surface area contributed by atoms with Crippen molar-refractivity contribution in [3.05, 3.63) is 18.2 Å². The molecule has 1 aliphatic carbocycles. The van der Waals surface area contributed by atoms with Gasteiger partial charge in [0.25, 0.3) is 0 Å². The first-order valence-corrected chi connectivity index (χ1v) is 10.5. The molecule has 5 rings (SSSR count). The van der Waals surface area contributed by atoms with E-state index >= 15 is 0 Å². The van der Waals surface area contributed by atoms with Gasteiger partial charge in [0.05, 0.1) is 0 Å². The van der Waals surface area contributed by atoms with Crippen molar-refractivity contribution in [1.82, 2.24) is 20.3 Å². The fourth-order valence-electron chi connectivity index (χ4n) is 3.25. The minimum Gasteiger partial charge on any atom is -0.395 e. The Morgan fingerprint density at radius 2 is 1.52 bits per heavy atom. The van der Waals surface area contributed by atoms with Crippen molar-refractivity contribution in [3.63, 3.8) is 0 Å². The van der Waals surface area contributed by atoms with Crippen molar-refractivity contribution < 1.29 is 22.9 Å². The Morgan fingerprint density at radius 1 is 0.903 bits per heavy atom. The number of alkyl halides is 2. The van der Waals surface area contributed by atoms with Gasteiger partial charge in [-0.05, 0) is 35.3 Å². The molecule has 0 amide bonds. The molecule has 9 nitrogen and oxygen atoms in total. The highest BCUT2D eigenvalue weighted by Gasteiger charge is 2.43. The molecule has 0 atom stereocenters. The number of ether oxygens (including phenoxy) is 2. The maximum atomic E-state index is 13.2. The molecule has 31 heavy (non-hydrogen) atoms. The second-order valence-corrected chi connectivity index (χ2v) is 6.41. The van der Waals surface area contributed by atoms with E-state index < -0.39 is 6.29 Å². The van der Waals surface area contributed by atoms with Gasteiger partial charge in [0.1, 0.15) is 0 Å². The van der Waals surface area contributed by atoms with Gasteiger partial charge in [0.2, 0.25) is 11.3 Å². The average Bonchev–Trinajstić information content (AvgIpc) is 3.50. The smallest absolute Gasteiger partial charge is 0.395 e. The molecule has 2 N–H and O–H groups in total. The summed E-state index contributed by atoms with van der Waals surface area (Å²) >= 11 is 0. The highest BCUT2D eigenvalue weighted by molar-refractivity contribution is 5.77. The first kappa shape index (κ1) is 22.4. The number of anilines is 3. The van der Waals surface area contributed by atoms with Crippen molar-refractivity contribution in [3.8, 4) is 11.5 Å². The van der Waals surface area contributed by atoms with Gasteiger partial charge in [-0.25, -0.2) is 14.6 Å². The summed E-state index contributed by atoms with van der Waals surface area (Å²) < 4.78 is 40.0. The third-order valence-corrected chi connectivity index (χ3v) is 4.47. The van der Waals surface area contributed by atoms with Crippen molar-refractivity contribution in [1.29, 1.82) is 0 Å². The number of nitrogens with zero attached hydrogens (tertiary/aromatic N) is 4. The van der Waals surface area contributed by atoms with Gasteiger partial charge in [0.15, 0.2) is 23.1 Å². The van der Waals surface area contributed by atoms with Crippen LogP contribution in [0.15, 0.2) is 22.8 Å². The summed E-state index contributed by atoms with van der Waals surface area (Å²) in [7, 11) is 0. The Hall–Kier alpha value is -3.24. The van der Waals surface area contributed by atoms with Crippen LogP contribution in [0.25, 0.3) is 11.3 Å². The Morgan fingerprint density at radius 3 is 2.19 bits per heavy atom. The number of nitrogens with one attached hydrogen (secondary N) is 2. The summed E-state index contributed by atoms with van der Waals surface area (Å²) in [5.41, 5.74) is 1.00. The number of hydrogen-bond donors (Lipinski definition) is 2. The van der Waals surface area contributed by atoms with E-state index in [1.54, 1.807) is 6.07 Å². The zero-order valence-electron chi connectivity index (χ0n) is 17.9. The molecule has 3 heterocycles. The van der Waals surface area contributed by atoms with Crippen LogP contribution >= 0.6 is 0 Å². The van der Waals surface area contributed by atoms with E-state index in [9.17, 15) is 8.78 Å². The van der Waals surface area contributed by atoms with Crippen LogP contribution in [0, 0.1) is 0 Å². The fourth-order valence-corrected chi connectivity index (χ4v) is 3.25. The van der Waals surface area contributed by atoms with Crippen molar-refractivity contribution >= 4 is 28.6 Å². The minimum absolute atomic E-state index is 0.0305. The van der Waals surface area contributed by atoms with E-state index in [1.807, 2.05) is 27.7 Å². The molecule has 11 heteroatoms. The minimum atomic E-state index is -3.67. The lowest BCUT2D eigenvalue weighted by molar-refractivity contribution is -0.286. The predicted molar refractivity (Wildman–Crippen MR) is 112 cm³/mol. The van der Waals surface area contributed by atoms with Gasteiger partial charge in [-0.2, -0.15) is 0 Å². The highest BCUT2D eigenvalue weighted by Crippen LogP contribution is 2.42. The van der Waals surface area contributed by atoms with Gasteiger partial charge in [-0.1, -0.05) is 40.5 Å². The molecule has 3 aromatic rings. The number of aromatic nitrogens is 4. The second kappa shape index (κ2) is 9.71. The second-order valence-electron chi connectivity index (χ2n) is 6.41. The zero-order valence-corrected chi connectivity index (χ0v) is 17.9. The SMILES string of the molecule is CC.CC.FC1(F)Oc2ccc(Nc3nc4nonc4nc3NC3CCCC3)cc2O1. The number of fused-ring (bicyclic) bond motifs is 2. The predicted octanol–water partition coefficient (Wildman–Crippen LogP) is 5.48. The Balaban J connectivity index is 0.000000645.